The Balaban J connectivity index is 2.26. The molecule has 0 saturated heterocycles. The number of rotatable bonds is 4. The van der Waals surface area contributed by atoms with Crippen LogP contribution in [0, 0.1) is 5.92 Å². The lowest BCUT2D eigenvalue weighted by molar-refractivity contribution is -0.134. The van der Waals surface area contributed by atoms with E-state index in [9.17, 15) is 9.59 Å². The van der Waals surface area contributed by atoms with E-state index in [1.54, 1.807) is 30.1 Å². The molecule has 2 aromatic rings. The first-order chi connectivity index (χ1) is 9.52. The van der Waals surface area contributed by atoms with Crippen LogP contribution in [0.5, 0.6) is 0 Å². The van der Waals surface area contributed by atoms with E-state index < -0.39 is 0 Å². The van der Waals surface area contributed by atoms with Gasteiger partial charge in [-0.3, -0.25) is 9.59 Å². The highest BCUT2D eigenvalue weighted by molar-refractivity contribution is 5.78. The summed E-state index contributed by atoms with van der Waals surface area (Å²) in [5, 5.41) is 0.562. The first kappa shape index (κ1) is 14.2. The minimum atomic E-state index is -0.171. The summed E-state index contributed by atoms with van der Waals surface area (Å²) in [7, 11) is 1.73. The van der Waals surface area contributed by atoms with Crippen LogP contribution in [0.25, 0.3) is 10.9 Å². The van der Waals surface area contributed by atoms with Gasteiger partial charge >= 0.3 is 0 Å². The van der Waals surface area contributed by atoms with Gasteiger partial charge in [-0.2, -0.15) is 0 Å². The normalized spacial score (nSPS) is 12.3. The van der Waals surface area contributed by atoms with Crippen LogP contribution >= 0.6 is 0 Å². The van der Waals surface area contributed by atoms with Crippen molar-refractivity contribution in [2.24, 2.45) is 5.92 Å². The number of nitrogens with zero attached hydrogens (tertiary/aromatic N) is 2. The summed E-state index contributed by atoms with van der Waals surface area (Å²) in [6.07, 6.45) is 0.796. The molecule has 0 bridgehead atoms. The number of para-hydroxylation sites is 1. The SMILES string of the molecule is CCC(C)C(=O)N(C)Cc1nc2ccccc2c(=O)[nH]1. The predicted molar refractivity (Wildman–Crippen MR) is 78.3 cm³/mol. The summed E-state index contributed by atoms with van der Waals surface area (Å²) >= 11 is 0. The number of aromatic nitrogens is 2. The molecule has 0 aliphatic rings. The molecule has 1 unspecified atom stereocenters. The third kappa shape index (κ3) is 2.87. The van der Waals surface area contributed by atoms with E-state index in [1.807, 2.05) is 19.9 Å². The van der Waals surface area contributed by atoms with Crippen molar-refractivity contribution in [2.75, 3.05) is 7.05 Å². The van der Waals surface area contributed by atoms with Gasteiger partial charge in [0.15, 0.2) is 0 Å². The molecule has 0 saturated carbocycles. The zero-order valence-corrected chi connectivity index (χ0v) is 12.0. The van der Waals surface area contributed by atoms with Crippen LogP contribution < -0.4 is 5.56 Å². The number of benzene rings is 1. The number of fused-ring (bicyclic) bond motifs is 1. The molecule has 1 heterocycles. The van der Waals surface area contributed by atoms with E-state index in [-0.39, 0.29) is 17.4 Å². The topological polar surface area (TPSA) is 66.1 Å². The van der Waals surface area contributed by atoms with E-state index in [0.29, 0.717) is 23.3 Å². The van der Waals surface area contributed by atoms with Crippen LogP contribution in [-0.4, -0.2) is 27.8 Å². The number of carbonyl (C=O) groups excluding carboxylic acids is 1. The van der Waals surface area contributed by atoms with Gasteiger partial charge < -0.3 is 9.88 Å². The van der Waals surface area contributed by atoms with Crippen LogP contribution in [0.15, 0.2) is 29.1 Å². The number of aromatic amines is 1. The van der Waals surface area contributed by atoms with Gasteiger partial charge in [-0.05, 0) is 18.6 Å². The Kier molecular flexibility index (Phi) is 4.17. The molecule has 106 valence electrons. The fourth-order valence-corrected chi connectivity index (χ4v) is 2.06. The molecule has 1 aromatic heterocycles. The van der Waals surface area contributed by atoms with Crippen molar-refractivity contribution < 1.29 is 4.79 Å². The largest absolute Gasteiger partial charge is 0.338 e. The lowest BCUT2D eigenvalue weighted by Gasteiger charge is -2.20. The van der Waals surface area contributed by atoms with Crippen LogP contribution in [-0.2, 0) is 11.3 Å². The van der Waals surface area contributed by atoms with Crippen molar-refractivity contribution >= 4 is 16.8 Å². The first-order valence-electron chi connectivity index (χ1n) is 6.75. The molecule has 0 fully saturated rings. The molecule has 0 aliphatic heterocycles. The summed E-state index contributed by atoms with van der Waals surface area (Å²) in [6.45, 7) is 4.19. The number of hydrogen-bond acceptors (Lipinski definition) is 3. The summed E-state index contributed by atoms with van der Waals surface area (Å²) in [5.74, 6) is 0.545. The molecular weight excluding hydrogens is 254 g/mol. The maximum atomic E-state index is 12.0. The van der Waals surface area contributed by atoms with Crippen LogP contribution in [0.1, 0.15) is 26.1 Å². The predicted octanol–water partition coefficient (Wildman–Crippen LogP) is 1.93. The van der Waals surface area contributed by atoms with Crippen molar-refractivity contribution in [1.82, 2.24) is 14.9 Å². The van der Waals surface area contributed by atoms with Gasteiger partial charge in [0.1, 0.15) is 5.82 Å². The van der Waals surface area contributed by atoms with E-state index in [0.717, 1.165) is 6.42 Å². The number of carbonyl (C=O) groups is 1. The zero-order chi connectivity index (χ0) is 14.7. The van der Waals surface area contributed by atoms with Crippen molar-refractivity contribution in [1.29, 1.82) is 0 Å². The second kappa shape index (κ2) is 5.86. The minimum absolute atomic E-state index is 0.0211. The molecule has 20 heavy (non-hydrogen) atoms. The highest BCUT2D eigenvalue weighted by atomic mass is 16.2. The van der Waals surface area contributed by atoms with E-state index >= 15 is 0 Å². The van der Waals surface area contributed by atoms with Gasteiger partial charge in [-0.1, -0.05) is 26.0 Å². The number of nitrogens with one attached hydrogen (secondary N) is 1. The zero-order valence-electron chi connectivity index (χ0n) is 12.0. The fraction of sp³-hybridized carbons (Fsp3) is 0.400. The molecule has 2 rings (SSSR count). The Morgan fingerprint density at radius 2 is 2.10 bits per heavy atom. The lowest BCUT2D eigenvalue weighted by atomic mass is 10.1. The maximum Gasteiger partial charge on any atom is 0.258 e. The molecular formula is C15H19N3O2. The van der Waals surface area contributed by atoms with Gasteiger partial charge in [0.2, 0.25) is 5.91 Å². The smallest absolute Gasteiger partial charge is 0.258 e. The summed E-state index contributed by atoms with van der Waals surface area (Å²) in [4.78, 5) is 32.7. The van der Waals surface area contributed by atoms with Crippen LogP contribution in [0.2, 0.25) is 0 Å². The number of hydrogen-bond donors (Lipinski definition) is 1. The Labute approximate surface area is 117 Å². The van der Waals surface area contributed by atoms with Gasteiger partial charge in [-0.25, -0.2) is 4.98 Å². The van der Waals surface area contributed by atoms with Crippen LogP contribution in [0.3, 0.4) is 0 Å². The van der Waals surface area contributed by atoms with Crippen molar-refractivity contribution in [3.05, 3.63) is 40.4 Å². The Hall–Kier alpha value is -2.17. The quantitative estimate of drug-likeness (QED) is 0.925. The highest BCUT2D eigenvalue weighted by Gasteiger charge is 2.16. The minimum Gasteiger partial charge on any atom is -0.338 e. The van der Waals surface area contributed by atoms with E-state index in [2.05, 4.69) is 9.97 Å². The van der Waals surface area contributed by atoms with Crippen molar-refractivity contribution in [2.45, 2.75) is 26.8 Å². The molecule has 0 radical (unpaired) electrons. The van der Waals surface area contributed by atoms with Gasteiger partial charge in [0.25, 0.3) is 5.56 Å². The number of amides is 1. The lowest BCUT2D eigenvalue weighted by Crippen LogP contribution is -2.32. The third-order valence-electron chi connectivity index (χ3n) is 3.46. The monoisotopic (exact) mass is 273 g/mol. The summed E-state index contributed by atoms with van der Waals surface area (Å²) in [6, 6.07) is 7.17. The van der Waals surface area contributed by atoms with Crippen molar-refractivity contribution in [3.63, 3.8) is 0 Å². The van der Waals surface area contributed by atoms with E-state index in [4.69, 9.17) is 0 Å². The Morgan fingerprint density at radius 1 is 1.40 bits per heavy atom. The van der Waals surface area contributed by atoms with E-state index in [1.165, 1.54) is 0 Å². The van der Waals surface area contributed by atoms with Gasteiger partial charge in [0.05, 0.1) is 17.4 Å². The molecule has 1 N–H and O–H groups in total. The van der Waals surface area contributed by atoms with Crippen molar-refractivity contribution in [3.8, 4) is 0 Å². The highest BCUT2D eigenvalue weighted by Crippen LogP contribution is 2.09. The second-order valence-electron chi connectivity index (χ2n) is 5.03. The third-order valence-corrected chi connectivity index (χ3v) is 3.46. The summed E-state index contributed by atoms with van der Waals surface area (Å²) in [5.41, 5.74) is 0.477. The van der Waals surface area contributed by atoms with Gasteiger partial charge in [0, 0.05) is 13.0 Å². The summed E-state index contributed by atoms with van der Waals surface area (Å²) < 4.78 is 0. The standard InChI is InChI=1S/C15H19N3O2/c1-4-10(2)15(20)18(3)9-13-16-12-8-6-5-7-11(12)14(19)17-13/h5-8,10H,4,9H2,1-3H3,(H,16,17,19). The Bertz CT molecular complexity index is 678. The molecule has 0 spiro atoms. The van der Waals surface area contributed by atoms with Gasteiger partial charge in [-0.15, -0.1) is 0 Å². The number of H-pyrrole nitrogens is 1. The molecule has 1 amide bonds. The second-order valence-corrected chi connectivity index (χ2v) is 5.03. The van der Waals surface area contributed by atoms with Crippen LogP contribution in [0.4, 0.5) is 0 Å². The Morgan fingerprint density at radius 3 is 2.80 bits per heavy atom. The molecule has 1 atom stereocenters. The first-order valence-corrected chi connectivity index (χ1v) is 6.75. The maximum absolute atomic E-state index is 12.0. The average Bonchev–Trinajstić information content (AvgIpc) is 2.45. The molecule has 5 heteroatoms. The average molecular weight is 273 g/mol. The molecule has 1 aromatic carbocycles. The molecule has 5 nitrogen and oxygen atoms in total. The molecule has 0 aliphatic carbocycles. The fourth-order valence-electron chi connectivity index (χ4n) is 2.06.